The number of benzene rings is 1. The van der Waals surface area contributed by atoms with E-state index in [2.05, 4.69) is 28.6 Å². The number of anilines is 1. The second kappa shape index (κ2) is 8.71. The van der Waals surface area contributed by atoms with Gasteiger partial charge in [-0.15, -0.1) is 0 Å². The summed E-state index contributed by atoms with van der Waals surface area (Å²) in [7, 11) is 0. The molecule has 0 radical (unpaired) electrons. The topological polar surface area (TPSA) is 54.1 Å². The Morgan fingerprint density at radius 2 is 1.92 bits per heavy atom. The van der Waals surface area contributed by atoms with Crippen molar-refractivity contribution in [2.75, 3.05) is 44.2 Å². The van der Waals surface area contributed by atoms with E-state index in [1.54, 1.807) is 0 Å². The number of aliphatic imine (C=N–C) groups is 1. The molecule has 144 valence electrons. The van der Waals surface area contributed by atoms with Gasteiger partial charge >= 0.3 is 0 Å². The van der Waals surface area contributed by atoms with Gasteiger partial charge in [0.2, 0.25) is 0 Å². The van der Waals surface area contributed by atoms with Crippen LogP contribution in [0, 0.1) is 17.7 Å². The van der Waals surface area contributed by atoms with Crippen LogP contribution in [0.15, 0.2) is 29.3 Å². The van der Waals surface area contributed by atoms with Gasteiger partial charge in [-0.3, -0.25) is 4.99 Å². The minimum absolute atomic E-state index is 0.199. The molecule has 1 aromatic carbocycles. The van der Waals surface area contributed by atoms with E-state index in [4.69, 9.17) is 10.5 Å². The van der Waals surface area contributed by atoms with Crippen LogP contribution in [-0.4, -0.2) is 56.3 Å². The van der Waals surface area contributed by atoms with Crippen molar-refractivity contribution in [1.29, 1.82) is 0 Å². The van der Waals surface area contributed by atoms with Gasteiger partial charge in [0.25, 0.3) is 0 Å². The average molecular weight is 362 g/mol. The number of ether oxygens (including phenoxy) is 1. The monoisotopic (exact) mass is 362 g/mol. The molecule has 2 fully saturated rings. The quantitative estimate of drug-likeness (QED) is 0.661. The third-order valence-corrected chi connectivity index (χ3v) is 5.43. The van der Waals surface area contributed by atoms with Gasteiger partial charge in [-0.1, -0.05) is 13.8 Å². The summed E-state index contributed by atoms with van der Waals surface area (Å²) in [6.07, 6.45) is 2.56. The molecule has 2 aliphatic rings. The second-order valence-corrected chi connectivity index (χ2v) is 7.63. The first-order valence-electron chi connectivity index (χ1n) is 9.71. The standard InChI is InChI=1S/C20H31FN4O/c1-15(2)19-16(4-3-13-26-19)14-23-20(22)25-11-9-24(10-12-25)18-7-5-17(21)6-8-18/h5-8,15-16,19H,3-4,9-14H2,1-2H3,(H2,22,23). The Kier molecular flexibility index (Phi) is 6.35. The first kappa shape index (κ1) is 19.0. The highest BCUT2D eigenvalue weighted by molar-refractivity contribution is 5.78. The summed E-state index contributed by atoms with van der Waals surface area (Å²) in [5.74, 6) is 1.41. The predicted octanol–water partition coefficient (Wildman–Crippen LogP) is 2.71. The number of rotatable bonds is 4. The Labute approximate surface area is 156 Å². The summed E-state index contributed by atoms with van der Waals surface area (Å²) in [4.78, 5) is 9.09. The predicted molar refractivity (Wildman–Crippen MR) is 104 cm³/mol. The first-order valence-corrected chi connectivity index (χ1v) is 9.71. The molecule has 5 nitrogen and oxygen atoms in total. The molecule has 2 heterocycles. The van der Waals surface area contributed by atoms with Crippen LogP contribution >= 0.6 is 0 Å². The molecule has 0 amide bonds. The number of guanidine groups is 1. The molecule has 0 spiro atoms. The number of halogens is 1. The van der Waals surface area contributed by atoms with E-state index in [-0.39, 0.29) is 11.9 Å². The SMILES string of the molecule is CC(C)C1OCCCC1CN=C(N)N1CCN(c2ccc(F)cc2)CC1. The molecule has 0 aromatic heterocycles. The Hall–Kier alpha value is -1.82. The van der Waals surface area contributed by atoms with Crippen molar-refractivity contribution in [1.82, 2.24) is 4.90 Å². The van der Waals surface area contributed by atoms with Gasteiger partial charge in [-0.05, 0) is 43.0 Å². The zero-order valence-electron chi connectivity index (χ0n) is 15.9. The largest absolute Gasteiger partial charge is 0.378 e. The van der Waals surface area contributed by atoms with Gasteiger partial charge < -0.3 is 20.3 Å². The maximum absolute atomic E-state index is 13.1. The lowest BCUT2D eigenvalue weighted by Crippen LogP contribution is -2.51. The molecule has 0 saturated carbocycles. The lowest BCUT2D eigenvalue weighted by molar-refractivity contribution is -0.0491. The van der Waals surface area contributed by atoms with E-state index in [0.29, 0.717) is 17.8 Å². The average Bonchev–Trinajstić information content (AvgIpc) is 2.67. The van der Waals surface area contributed by atoms with E-state index >= 15 is 0 Å². The smallest absolute Gasteiger partial charge is 0.191 e. The van der Waals surface area contributed by atoms with Crippen LogP contribution in [0.5, 0.6) is 0 Å². The summed E-state index contributed by atoms with van der Waals surface area (Å²) in [5.41, 5.74) is 7.31. The lowest BCUT2D eigenvalue weighted by atomic mass is 9.87. The number of hydrogen-bond acceptors (Lipinski definition) is 3. The first-order chi connectivity index (χ1) is 12.5. The van der Waals surface area contributed by atoms with Crippen molar-refractivity contribution in [3.05, 3.63) is 30.1 Å². The molecule has 0 bridgehead atoms. The minimum atomic E-state index is -0.199. The molecule has 2 unspecified atom stereocenters. The van der Waals surface area contributed by atoms with E-state index in [1.165, 1.54) is 12.1 Å². The van der Waals surface area contributed by atoms with Crippen LogP contribution in [0.3, 0.4) is 0 Å². The maximum atomic E-state index is 13.1. The van der Waals surface area contributed by atoms with Crippen LogP contribution in [-0.2, 0) is 4.74 Å². The van der Waals surface area contributed by atoms with Crippen LogP contribution in [0.2, 0.25) is 0 Å². The molecule has 6 heteroatoms. The molecule has 2 aliphatic heterocycles. The molecule has 2 atom stereocenters. The third kappa shape index (κ3) is 4.67. The number of hydrogen-bond donors (Lipinski definition) is 1. The van der Waals surface area contributed by atoms with Crippen molar-refractivity contribution in [3.63, 3.8) is 0 Å². The Morgan fingerprint density at radius 3 is 2.58 bits per heavy atom. The summed E-state index contributed by atoms with van der Waals surface area (Å²) >= 11 is 0. The summed E-state index contributed by atoms with van der Waals surface area (Å²) < 4.78 is 19.0. The van der Waals surface area contributed by atoms with E-state index < -0.39 is 0 Å². The highest BCUT2D eigenvalue weighted by Crippen LogP contribution is 2.26. The number of piperazine rings is 1. The van der Waals surface area contributed by atoms with Crippen molar-refractivity contribution in [2.24, 2.45) is 22.6 Å². The normalized spacial score (nSPS) is 25.0. The molecule has 26 heavy (non-hydrogen) atoms. The van der Waals surface area contributed by atoms with Crippen LogP contribution in [0.4, 0.5) is 10.1 Å². The Bertz CT molecular complexity index is 596. The van der Waals surface area contributed by atoms with Crippen LogP contribution in [0.25, 0.3) is 0 Å². The van der Waals surface area contributed by atoms with Crippen molar-refractivity contribution >= 4 is 11.6 Å². The van der Waals surface area contributed by atoms with Gasteiger partial charge in [0.1, 0.15) is 5.82 Å². The maximum Gasteiger partial charge on any atom is 0.191 e. The fourth-order valence-electron chi connectivity index (χ4n) is 3.95. The minimum Gasteiger partial charge on any atom is -0.378 e. The van der Waals surface area contributed by atoms with Gasteiger partial charge in [0.05, 0.1) is 6.10 Å². The van der Waals surface area contributed by atoms with Crippen LogP contribution < -0.4 is 10.6 Å². The second-order valence-electron chi connectivity index (χ2n) is 7.63. The summed E-state index contributed by atoms with van der Waals surface area (Å²) in [6.45, 7) is 9.43. The zero-order valence-corrected chi connectivity index (χ0v) is 15.9. The van der Waals surface area contributed by atoms with Gasteiger partial charge in [-0.25, -0.2) is 4.39 Å². The molecule has 2 N–H and O–H groups in total. The molecular formula is C20H31FN4O. The summed E-state index contributed by atoms with van der Waals surface area (Å²) in [5, 5.41) is 0. The molecule has 2 saturated heterocycles. The van der Waals surface area contributed by atoms with E-state index in [0.717, 1.165) is 57.9 Å². The molecule has 0 aliphatic carbocycles. The van der Waals surface area contributed by atoms with Crippen LogP contribution in [0.1, 0.15) is 26.7 Å². The third-order valence-electron chi connectivity index (χ3n) is 5.43. The van der Waals surface area contributed by atoms with Gasteiger partial charge in [-0.2, -0.15) is 0 Å². The lowest BCUT2D eigenvalue weighted by Gasteiger charge is -2.37. The zero-order chi connectivity index (χ0) is 18.5. The van der Waals surface area contributed by atoms with Crippen molar-refractivity contribution in [2.45, 2.75) is 32.8 Å². The highest BCUT2D eigenvalue weighted by atomic mass is 19.1. The molecular weight excluding hydrogens is 331 g/mol. The Morgan fingerprint density at radius 1 is 1.23 bits per heavy atom. The fraction of sp³-hybridized carbons (Fsp3) is 0.650. The molecule has 1 aromatic rings. The van der Waals surface area contributed by atoms with Gasteiger partial charge in [0, 0.05) is 50.9 Å². The fourth-order valence-corrected chi connectivity index (χ4v) is 3.95. The molecule has 3 rings (SSSR count). The van der Waals surface area contributed by atoms with E-state index in [9.17, 15) is 4.39 Å². The highest BCUT2D eigenvalue weighted by Gasteiger charge is 2.28. The van der Waals surface area contributed by atoms with Gasteiger partial charge in [0.15, 0.2) is 5.96 Å². The van der Waals surface area contributed by atoms with Crippen molar-refractivity contribution < 1.29 is 9.13 Å². The van der Waals surface area contributed by atoms with Crippen molar-refractivity contribution in [3.8, 4) is 0 Å². The van der Waals surface area contributed by atoms with E-state index in [1.807, 2.05) is 12.1 Å². The summed E-state index contributed by atoms with van der Waals surface area (Å²) in [6, 6.07) is 6.68. The number of nitrogens with zero attached hydrogens (tertiary/aromatic N) is 3. The Balaban J connectivity index is 1.52. The number of nitrogens with two attached hydrogens (primary N) is 1.